The Bertz CT molecular complexity index is 942. The molecule has 0 unspecified atom stereocenters. The zero-order valence-electron chi connectivity index (χ0n) is 13.8. The van der Waals surface area contributed by atoms with Gasteiger partial charge in [-0.1, -0.05) is 12.1 Å². The third-order valence-electron chi connectivity index (χ3n) is 3.56. The Morgan fingerprint density at radius 2 is 2.04 bits per heavy atom. The molecule has 2 N–H and O–H groups in total. The molecule has 0 bridgehead atoms. The number of para-hydroxylation sites is 2. The fourth-order valence-corrected chi connectivity index (χ4v) is 2.34. The molecular weight excluding hydrogens is 358 g/mol. The summed E-state index contributed by atoms with van der Waals surface area (Å²) in [5.74, 6) is -1.49. The van der Waals surface area contributed by atoms with Crippen LogP contribution < -0.4 is 15.4 Å². The van der Waals surface area contributed by atoms with E-state index in [-0.39, 0.29) is 29.5 Å². The number of nitro benzene ring substituents is 1. The van der Waals surface area contributed by atoms with Gasteiger partial charge in [0.1, 0.15) is 11.4 Å². The van der Waals surface area contributed by atoms with Crippen molar-refractivity contribution in [2.45, 2.75) is 0 Å². The minimum absolute atomic E-state index is 0.00136. The van der Waals surface area contributed by atoms with Crippen LogP contribution in [0.4, 0.5) is 17.1 Å². The van der Waals surface area contributed by atoms with Crippen LogP contribution in [0.5, 0.6) is 5.75 Å². The summed E-state index contributed by atoms with van der Waals surface area (Å²) in [5, 5.41) is 15.8. The predicted molar refractivity (Wildman–Crippen MR) is 92.6 cm³/mol. The Labute approximate surface area is 152 Å². The molecular formula is C17H13N3O7. The minimum atomic E-state index is -0.781. The van der Waals surface area contributed by atoms with Crippen LogP contribution in [0.1, 0.15) is 10.4 Å². The smallest absolute Gasteiger partial charge is 0.338 e. The van der Waals surface area contributed by atoms with Crippen LogP contribution in [0.15, 0.2) is 42.5 Å². The topological polar surface area (TPSA) is 137 Å². The van der Waals surface area contributed by atoms with Crippen LogP contribution in [0.2, 0.25) is 0 Å². The van der Waals surface area contributed by atoms with Gasteiger partial charge in [-0.05, 0) is 24.3 Å². The zero-order valence-corrected chi connectivity index (χ0v) is 13.8. The van der Waals surface area contributed by atoms with Gasteiger partial charge in [0, 0.05) is 6.07 Å². The average molecular weight is 371 g/mol. The second kappa shape index (κ2) is 7.52. The summed E-state index contributed by atoms with van der Waals surface area (Å²) in [5.41, 5.74) is 0.285. The van der Waals surface area contributed by atoms with E-state index < -0.39 is 23.4 Å². The molecule has 2 amide bonds. The third kappa shape index (κ3) is 4.18. The SMILES string of the molecule is O=C1COc2cc(C(=O)OCC(=O)Nc3ccccc3[N+](=O)[O-])ccc2N1. The Balaban J connectivity index is 1.60. The number of nitro groups is 1. The highest BCUT2D eigenvalue weighted by Crippen LogP contribution is 2.28. The molecule has 0 fully saturated rings. The summed E-state index contributed by atoms with van der Waals surface area (Å²) in [7, 11) is 0. The first-order chi connectivity index (χ1) is 12.9. The van der Waals surface area contributed by atoms with Gasteiger partial charge < -0.3 is 20.1 Å². The molecule has 27 heavy (non-hydrogen) atoms. The first-order valence-electron chi connectivity index (χ1n) is 7.71. The Hall–Kier alpha value is -3.95. The van der Waals surface area contributed by atoms with Crippen molar-refractivity contribution >= 4 is 34.8 Å². The van der Waals surface area contributed by atoms with Crippen molar-refractivity contribution in [1.82, 2.24) is 0 Å². The molecule has 0 radical (unpaired) electrons. The molecule has 3 rings (SSSR count). The molecule has 10 heteroatoms. The number of esters is 1. The third-order valence-corrected chi connectivity index (χ3v) is 3.56. The van der Waals surface area contributed by atoms with E-state index in [1.165, 1.54) is 42.5 Å². The molecule has 0 saturated heterocycles. The zero-order chi connectivity index (χ0) is 19.4. The number of benzene rings is 2. The van der Waals surface area contributed by atoms with Crippen LogP contribution in [-0.2, 0) is 14.3 Å². The van der Waals surface area contributed by atoms with Crippen molar-refractivity contribution in [3.63, 3.8) is 0 Å². The largest absolute Gasteiger partial charge is 0.482 e. The first-order valence-corrected chi connectivity index (χ1v) is 7.71. The molecule has 138 valence electrons. The lowest BCUT2D eigenvalue weighted by Gasteiger charge is -2.18. The van der Waals surface area contributed by atoms with Gasteiger partial charge >= 0.3 is 5.97 Å². The molecule has 10 nitrogen and oxygen atoms in total. The lowest BCUT2D eigenvalue weighted by atomic mass is 10.1. The van der Waals surface area contributed by atoms with Gasteiger partial charge in [-0.25, -0.2) is 4.79 Å². The maximum absolute atomic E-state index is 12.1. The molecule has 1 aliphatic rings. The fraction of sp³-hybridized carbons (Fsp3) is 0.118. The lowest BCUT2D eigenvalue weighted by molar-refractivity contribution is -0.383. The maximum atomic E-state index is 12.1. The summed E-state index contributed by atoms with van der Waals surface area (Å²) in [4.78, 5) is 45.5. The molecule has 2 aromatic rings. The molecule has 1 aliphatic heterocycles. The van der Waals surface area contributed by atoms with Gasteiger partial charge in [0.05, 0.1) is 16.2 Å². The van der Waals surface area contributed by atoms with E-state index in [4.69, 9.17) is 9.47 Å². The number of anilines is 2. The minimum Gasteiger partial charge on any atom is -0.482 e. The molecule has 0 spiro atoms. The summed E-state index contributed by atoms with van der Waals surface area (Å²) >= 11 is 0. The van der Waals surface area contributed by atoms with E-state index in [9.17, 15) is 24.5 Å². The van der Waals surface area contributed by atoms with E-state index >= 15 is 0 Å². The second-order valence-corrected chi connectivity index (χ2v) is 5.45. The van der Waals surface area contributed by atoms with Crippen LogP contribution in [0.25, 0.3) is 0 Å². The number of carbonyl (C=O) groups excluding carboxylic acids is 3. The predicted octanol–water partition coefficient (Wildman–Crippen LogP) is 1.72. The monoisotopic (exact) mass is 371 g/mol. The van der Waals surface area contributed by atoms with Gasteiger partial charge in [0.25, 0.3) is 17.5 Å². The summed E-state index contributed by atoms with van der Waals surface area (Å²) in [6, 6.07) is 9.89. The first kappa shape index (κ1) is 17.9. The van der Waals surface area contributed by atoms with Gasteiger partial charge in [-0.2, -0.15) is 0 Å². The average Bonchev–Trinajstić information content (AvgIpc) is 2.66. The number of nitrogens with one attached hydrogen (secondary N) is 2. The fourth-order valence-electron chi connectivity index (χ4n) is 2.34. The highest BCUT2D eigenvalue weighted by Gasteiger charge is 2.20. The number of fused-ring (bicyclic) bond motifs is 1. The van der Waals surface area contributed by atoms with Crippen molar-refractivity contribution < 1.29 is 28.8 Å². The maximum Gasteiger partial charge on any atom is 0.338 e. The Morgan fingerprint density at radius 1 is 1.26 bits per heavy atom. The van der Waals surface area contributed by atoms with Gasteiger partial charge in [-0.15, -0.1) is 0 Å². The van der Waals surface area contributed by atoms with Crippen molar-refractivity contribution in [2.75, 3.05) is 23.8 Å². The Morgan fingerprint density at radius 3 is 2.81 bits per heavy atom. The number of amides is 2. The van der Waals surface area contributed by atoms with E-state index in [1.807, 2.05) is 0 Å². The van der Waals surface area contributed by atoms with Crippen LogP contribution >= 0.6 is 0 Å². The molecule has 0 aliphatic carbocycles. The van der Waals surface area contributed by atoms with E-state index in [1.54, 1.807) is 0 Å². The summed E-state index contributed by atoms with van der Waals surface area (Å²) in [6.07, 6.45) is 0. The molecule has 0 aromatic heterocycles. The second-order valence-electron chi connectivity index (χ2n) is 5.45. The van der Waals surface area contributed by atoms with Crippen molar-refractivity contribution in [1.29, 1.82) is 0 Å². The van der Waals surface area contributed by atoms with Crippen molar-refractivity contribution in [2.24, 2.45) is 0 Å². The lowest BCUT2D eigenvalue weighted by Crippen LogP contribution is -2.25. The molecule has 0 atom stereocenters. The van der Waals surface area contributed by atoms with E-state index in [0.29, 0.717) is 11.4 Å². The van der Waals surface area contributed by atoms with E-state index in [2.05, 4.69) is 10.6 Å². The van der Waals surface area contributed by atoms with Crippen LogP contribution in [-0.4, -0.2) is 35.9 Å². The van der Waals surface area contributed by atoms with Crippen molar-refractivity contribution in [3.05, 3.63) is 58.1 Å². The van der Waals surface area contributed by atoms with E-state index in [0.717, 1.165) is 0 Å². The number of hydrogen-bond donors (Lipinski definition) is 2. The van der Waals surface area contributed by atoms with Crippen LogP contribution in [0, 0.1) is 10.1 Å². The van der Waals surface area contributed by atoms with Gasteiger partial charge in [0.15, 0.2) is 13.2 Å². The molecule has 2 aromatic carbocycles. The normalized spacial score (nSPS) is 12.2. The summed E-state index contributed by atoms with van der Waals surface area (Å²) < 4.78 is 10.1. The quantitative estimate of drug-likeness (QED) is 0.464. The Kier molecular flexibility index (Phi) is 4.97. The number of carbonyl (C=O) groups is 3. The molecule has 1 heterocycles. The highest BCUT2D eigenvalue weighted by molar-refractivity contribution is 5.99. The molecule has 0 saturated carbocycles. The van der Waals surface area contributed by atoms with Gasteiger partial charge in [0.2, 0.25) is 0 Å². The standard InChI is InChI=1S/C17H13N3O7/c21-15-8-26-14-7-10(5-6-12(14)19-15)17(23)27-9-16(22)18-11-3-1-2-4-13(11)20(24)25/h1-7H,8-9H2,(H,18,22)(H,19,21). The number of hydrogen-bond acceptors (Lipinski definition) is 7. The van der Waals surface area contributed by atoms with Gasteiger partial charge in [-0.3, -0.25) is 19.7 Å². The number of rotatable bonds is 5. The number of ether oxygens (including phenoxy) is 2. The van der Waals surface area contributed by atoms with Crippen LogP contribution in [0.3, 0.4) is 0 Å². The highest BCUT2D eigenvalue weighted by atomic mass is 16.6. The number of nitrogens with zero attached hydrogens (tertiary/aromatic N) is 1. The summed E-state index contributed by atoms with van der Waals surface area (Å²) in [6.45, 7) is -0.788. The van der Waals surface area contributed by atoms with Crippen molar-refractivity contribution in [3.8, 4) is 5.75 Å².